The van der Waals surface area contributed by atoms with Gasteiger partial charge in [-0.1, -0.05) is 0 Å². The largest absolute Gasteiger partial charge is 0.382 e. The summed E-state index contributed by atoms with van der Waals surface area (Å²) in [6, 6.07) is 3.46. The van der Waals surface area contributed by atoms with Crippen molar-refractivity contribution in [2.45, 2.75) is 32.1 Å². The number of carbonyl (C=O) groups is 1. The first-order valence-electron chi connectivity index (χ1n) is 6.81. The van der Waals surface area contributed by atoms with Gasteiger partial charge in [-0.3, -0.25) is 9.59 Å². The summed E-state index contributed by atoms with van der Waals surface area (Å²) >= 11 is 0. The molecule has 1 amide bonds. The van der Waals surface area contributed by atoms with Crippen molar-refractivity contribution in [1.29, 1.82) is 0 Å². The molecule has 104 valence electrons. The van der Waals surface area contributed by atoms with Crippen LogP contribution in [0.5, 0.6) is 0 Å². The van der Waals surface area contributed by atoms with Crippen molar-refractivity contribution in [3.05, 3.63) is 33.7 Å². The summed E-state index contributed by atoms with van der Waals surface area (Å²) in [5, 5.41) is 2.72. The molecule has 1 aromatic heterocycles. The molecular formula is C14H20N2O3. The van der Waals surface area contributed by atoms with E-state index >= 15 is 0 Å². The van der Waals surface area contributed by atoms with Gasteiger partial charge < -0.3 is 15.0 Å². The van der Waals surface area contributed by atoms with Gasteiger partial charge in [0, 0.05) is 25.5 Å². The number of ether oxygens (including phenoxy) is 1. The minimum Gasteiger partial charge on any atom is -0.382 e. The maximum absolute atomic E-state index is 11.8. The zero-order valence-electron chi connectivity index (χ0n) is 11.2. The topological polar surface area (TPSA) is 71.2 Å². The number of aromatic amines is 1. The monoisotopic (exact) mass is 264 g/mol. The van der Waals surface area contributed by atoms with Gasteiger partial charge in [-0.05, 0) is 44.2 Å². The summed E-state index contributed by atoms with van der Waals surface area (Å²) in [7, 11) is 0. The van der Waals surface area contributed by atoms with Gasteiger partial charge in [-0.25, -0.2) is 0 Å². The van der Waals surface area contributed by atoms with Crippen LogP contribution in [0.2, 0.25) is 0 Å². The van der Waals surface area contributed by atoms with Crippen LogP contribution in [-0.2, 0) is 4.74 Å². The molecule has 0 unspecified atom stereocenters. The highest BCUT2D eigenvalue weighted by molar-refractivity contribution is 5.93. The van der Waals surface area contributed by atoms with E-state index in [1.807, 2.05) is 13.0 Å². The normalized spacial score (nSPS) is 14.4. The molecule has 0 atom stereocenters. The van der Waals surface area contributed by atoms with E-state index in [2.05, 4.69) is 10.3 Å². The standard InChI is InChI=1S/C14H20N2O3/c1-2-19-9-3-8-15-13(17)11-6-7-12(10-4-5-10)16-14(11)18/h6-7,10H,2-5,8-9H2,1H3,(H,15,17)(H,16,18). The smallest absolute Gasteiger partial charge is 0.261 e. The van der Waals surface area contributed by atoms with Crippen LogP contribution in [0.4, 0.5) is 0 Å². The van der Waals surface area contributed by atoms with Gasteiger partial charge >= 0.3 is 0 Å². The molecule has 1 aliphatic rings. The van der Waals surface area contributed by atoms with Gasteiger partial charge in [0.2, 0.25) is 0 Å². The van der Waals surface area contributed by atoms with Crippen molar-refractivity contribution >= 4 is 5.91 Å². The molecule has 0 aliphatic heterocycles. The highest BCUT2D eigenvalue weighted by Crippen LogP contribution is 2.38. The third-order valence-corrected chi connectivity index (χ3v) is 3.15. The van der Waals surface area contributed by atoms with Gasteiger partial charge in [0.25, 0.3) is 11.5 Å². The van der Waals surface area contributed by atoms with Gasteiger partial charge in [-0.2, -0.15) is 0 Å². The predicted molar refractivity (Wildman–Crippen MR) is 72.5 cm³/mol. The van der Waals surface area contributed by atoms with Crippen LogP contribution >= 0.6 is 0 Å². The molecule has 0 bridgehead atoms. The van der Waals surface area contributed by atoms with Crippen molar-refractivity contribution in [2.75, 3.05) is 19.8 Å². The number of amides is 1. The second-order valence-corrected chi connectivity index (χ2v) is 4.74. The van der Waals surface area contributed by atoms with Crippen LogP contribution in [0, 0.1) is 0 Å². The lowest BCUT2D eigenvalue weighted by Crippen LogP contribution is -2.31. The Labute approximate surface area is 112 Å². The molecule has 0 aromatic carbocycles. The molecule has 0 spiro atoms. The Balaban J connectivity index is 1.86. The van der Waals surface area contributed by atoms with Crippen LogP contribution in [-0.4, -0.2) is 30.6 Å². The first kappa shape index (κ1) is 13.8. The maximum Gasteiger partial charge on any atom is 0.261 e. The van der Waals surface area contributed by atoms with E-state index in [0.717, 1.165) is 25.0 Å². The highest BCUT2D eigenvalue weighted by atomic mass is 16.5. The average molecular weight is 264 g/mol. The predicted octanol–water partition coefficient (Wildman–Crippen LogP) is 1.41. The molecule has 0 radical (unpaired) electrons. The average Bonchev–Trinajstić information content (AvgIpc) is 3.22. The molecule has 1 aromatic rings. The summed E-state index contributed by atoms with van der Waals surface area (Å²) in [6.07, 6.45) is 3.00. The van der Waals surface area contributed by atoms with Crippen LogP contribution < -0.4 is 10.9 Å². The summed E-state index contributed by atoms with van der Waals surface area (Å²) in [6.45, 7) is 3.74. The van der Waals surface area contributed by atoms with Crippen molar-refractivity contribution in [2.24, 2.45) is 0 Å². The fourth-order valence-electron chi connectivity index (χ4n) is 1.92. The van der Waals surface area contributed by atoms with E-state index in [0.29, 0.717) is 25.7 Å². The van der Waals surface area contributed by atoms with E-state index in [1.165, 1.54) is 0 Å². The van der Waals surface area contributed by atoms with Crippen molar-refractivity contribution in [1.82, 2.24) is 10.3 Å². The van der Waals surface area contributed by atoms with Gasteiger partial charge in [0.15, 0.2) is 0 Å². The molecule has 5 nitrogen and oxygen atoms in total. The Kier molecular flexibility index (Phi) is 4.74. The molecule has 2 rings (SSSR count). The number of rotatable bonds is 7. The summed E-state index contributed by atoms with van der Waals surface area (Å²) in [5.74, 6) is 0.163. The zero-order chi connectivity index (χ0) is 13.7. The van der Waals surface area contributed by atoms with Crippen molar-refractivity contribution in [3.63, 3.8) is 0 Å². The Morgan fingerprint density at radius 3 is 2.89 bits per heavy atom. The van der Waals surface area contributed by atoms with E-state index < -0.39 is 0 Å². The van der Waals surface area contributed by atoms with Gasteiger partial charge in [0.05, 0.1) is 0 Å². The van der Waals surface area contributed by atoms with Crippen molar-refractivity contribution < 1.29 is 9.53 Å². The summed E-state index contributed by atoms with van der Waals surface area (Å²) in [5.41, 5.74) is 0.824. The van der Waals surface area contributed by atoms with E-state index in [-0.39, 0.29) is 17.0 Å². The van der Waals surface area contributed by atoms with Crippen LogP contribution in [0.25, 0.3) is 0 Å². The third kappa shape index (κ3) is 3.92. The molecule has 1 fully saturated rings. The number of hydrogen-bond donors (Lipinski definition) is 2. The maximum atomic E-state index is 11.8. The molecule has 1 heterocycles. The first-order valence-corrected chi connectivity index (χ1v) is 6.81. The summed E-state index contributed by atoms with van der Waals surface area (Å²) < 4.78 is 5.17. The van der Waals surface area contributed by atoms with Gasteiger partial charge in [-0.15, -0.1) is 0 Å². The SMILES string of the molecule is CCOCCCNC(=O)c1ccc(C2CC2)[nH]c1=O. The fourth-order valence-corrected chi connectivity index (χ4v) is 1.92. The minimum absolute atomic E-state index is 0.181. The molecule has 2 N–H and O–H groups in total. The zero-order valence-corrected chi connectivity index (χ0v) is 11.2. The quantitative estimate of drug-likeness (QED) is 0.731. The third-order valence-electron chi connectivity index (χ3n) is 3.15. The van der Waals surface area contributed by atoms with Crippen molar-refractivity contribution in [3.8, 4) is 0 Å². The Bertz CT molecular complexity index is 492. The number of carbonyl (C=O) groups excluding carboxylic acids is 1. The number of pyridine rings is 1. The lowest BCUT2D eigenvalue weighted by atomic mass is 10.2. The number of H-pyrrole nitrogens is 1. The first-order chi connectivity index (χ1) is 9.22. The van der Waals surface area contributed by atoms with Crippen LogP contribution in [0.3, 0.4) is 0 Å². The Hall–Kier alpha value is -1.62. The number of nitrogens with one attached hydrogen (secondary N) is 2. The number of aromatic nitrogens is 1. The molecular weight excluding hydrogens is 244 g/mol. The molecule has 1 aliphatic carbocycles. The number of hydrogen-bond acceptors (Lipinski definition) is 3. The highest BCUT2D eigenvalue weighted by Gasteiger charge is 2.25. The van der Waals surface area contributed by atoms with E-state index in [4.69, 9.17) is 4.74 Å². The Morgan fingerprint density at radius 2 is 2.26 bits per heavy atom. The van der Waals surface area contributed by atoms with Gasteiger partial charge in [0.1, 0.15) is 5.56 Å². The second-order valence-electron chi connectivity index (χ2n) is 4.74. The molecule has 1 saturated carbocycles. The Morgan fingerprint density at radius 1 is 1.47 bits per heavy atom. The van der Waals surface area contributed by atoms with E-state index in [9.17, 15) is 9.59 Å². The molecule has 0 saturated heterocycles. The lowest BCUT2D eigenvalue weighted by Gasteiger charge is -2.05. The molecule has 19 heavy (non-hydrogen) atoms. The molecule has 5 heteroatoms. The van der Waals surface area contributed by atoms with Crippen LogP contribution in [0.1, 0.15) is 48.2 Å². The second kappa shape index (κ2) is 6.52. The lowest BCUT2D eigenvalue weighted by molar-refractivity contribution is 0.0942. The van der Waals surface area contributed by atoms with Crippen LogP contribution in [0.15, 0.2) is 16.9 Å². The van der Waals surface area contributed by atoms with E-state index in [1.54, 1.807) is 6.07 Å². The summed E-state index contributed by atoms with van der Waals surface area (Å²) in [4.78, 5) is 26.4. The fraction of sp³-hybridized carbons (Fsp3) is 0.571. The minimum atomic E-state index is -0.319.